The van der Waals surface area contributed by atoms with Gasteiger partial charge < -0.3 is 9.47 Å². The van der Waals surface area contributed by atoms with Crippen molar-refractivity contribution in [3.8, 4) is 11.5 Å². The molecule has 2 fully saturated rings. The second-order valence-corrected chi connectivity index (χ2v) is 8.68. The molecule has 1 aliphatic carbocycles. The van der Waals surface area contributed by atoms with Crippen LogP contribution in [0.15, 0.2) is 23.6 Å². The molecule has 7 heteroatoms. The summed E-state index contributed by atoms with van der Waals surface area (Å²) in [6.07, 6.45) is 8.67. The average molecular weight is 416 g/mol. The number of benzene rings is 1. The topological polar surface area (TPSA) is 63.7 Å². The van der Waals surface area contributed by atoms with Gasteiger partial charge in [-0.1, -0.05) is 6.42 Å². The molecule has 0 atom stereocenters. The molecule has 1 saturated carbocycles. The number of aromatic nitrogens is 1. The molecular weight excluding hydrogens is 386 g/mol. The molecule has 2 aromatic rings. The maximum atomic E-state index is 12.7. The zero-order valence-corrected chi connectivity index (χ0v) is 17.8. The molecule has 2 aliphatic rings. The summed E-state index contributed by atoms with van der Waals surface area (Å²) in [6, 6.07) is 5.35. The molecule has 0 spiro atoms. The van der Waals surface area contributed by atoms with E-state index < -0.39 is 0 Å². The van der Waals surface area contributed by atoms with Gasteiger partial charge >= 0.3 is 0 Å². The number of nitrogens with one attached hydrogen (secondary N) is 1. The Balaban J connectivity index is 1.37. The van der Waals surface area contributed by atoms with E-state index >= 15 is 0 Å². The minimum atomic E-state index is -0.186. The van der Waals surface area contributed by atoms with Gasteiger partial charge in [-0.15, -0.1) is 11.3 Å². The maximum Gasteiger partial charge on any atom is 0.257 e. The molecule has 156 valence electrons. The number of thiazole rings is 1. The zero-order valence-electron chi connectivity index (χ0n) is 17.0. The number of likely N-dealkylation sites (tertiary alicyclic amines) is 1. The van der Waals surface area contributed by atoms with Crippen molar-refractivity contribution < 1.29 is 14.3 Å². The lowest BCUT2D eigenvalue weighted by molar-refractivity contribution is 0.102. The molecule has 1 amide bonds. The molecule has 1 aromatic heterocycles. The number of anilines is 1. The summed E-state index contributed by atoms with van der Waals surface area (Å²) in [5.41, 5.74) is 1.55. The highest BCUT2D eigenvalue weighted by molar-refractivity contribution is 7.13. The zero-order chi connectivity index (χ0) is 20.1. The predicted octanol–water partition coefficient (Wildman–Crippen LogP) is 4.71. The first kappa shape index (κ1) is 20.2. The van der Waals surface area contributed by atoms with Crippen LogP contribution in [0.2, 0.25) is 0 Å². The van der Waals surface area contributed by atoms with Gasteiger partial charge in [0.25, 0.3) is 5.91 Å². The molecule has 0 bridgehead atoms. The van der Waals surface area contributed by atoms with E-state index in [0.29, 0.717) is 22.2 Å². The van der Waals surface area contributed by atoms with Crippen LogP contribution in [0.3, 0.4) is 0 Å². The Labute approximate surface area is 176 Å². The monoisotopic (exact) mass is 415 g/mol. The largest absolute Gasteiger partial charge is 0.493 e. The van der Waals surface area contributed by atoms with Crippen molar-refractivity contribution in [2.45, 2.75) is 57.6 Å². The third-order valence-corrected chi connectivity index (χ3v) is 6.43. The van der Waals surface area contributed by atoms with Crippen LogP contribution >= 0.6 is 11.3 Å². The molecule has 0 unspecified atom stereocenters. The van der Waals surface area contributed by atoms with E-state index in [0.717, 1.165) is 38.2 Å². The second kappa shape index (κ2) is 9.59. The van der Waals surface area contributed by atoms with Crippen LogP contribution in [-0.4, -0.2) is 42.1 Å². The van der Waals surface area contributed by atoms with E-state index in [1.165, 1.54) is 43.4 Å². The Morgan fingerprint density at radius 2 is 1.97 bits per heavy atom. The second-order valence-electron chi connectivity index (χ2n) is 7.82. The summed E-state index contributed by atoms with van der Waals surface area (Å²) in [5.74, 6) is 1.11. The number of hydrogen-bond donors (Lipinski definition) is 1. The summed E-state index contributed by atoms with van der Waals surface area (Å²) in [5, 5.41) is 5.58. The Bertz CT molecular complexity index is 826. The van der Waals surface area contributed by atoms with Crippen LogP contribution in [0.25, 0.3) is 0 Å². The molecule has 1 N–H and O–H groups in total. The number of carbonyl (C=O) groups excluding carboxylic acids is 1. The Kier molecular flexibility index (Phi) is 6.67. The molecule has 2 heterocycles. The normalized spacial score (nSPS) is 18.0. The Morgan fingerprint density at radius 3 is 2.72 bits per heavy atom. The molecule has 6 nitrogen and oxygen atoms in total. The SMILES string of the molecule is COc1cc(C(=O)Nc2nc(CN3CCCCC3)cs2)ccc1OC1CCCC1. The van der Waals surface area contributed by atoms with Crippen molar-refractivity contribution in [1.29, 1.82) is 0 Å². The summed E-state index contributed by atoms with van der Waals surface area (Å²) in [6.45, 7) is 3.12. The van der Waals surface area contributed by atoms with E-state index in [9.17, 15) is 4.79 Å². The lowest BCUT2D eigenvalue weighted by Crippen LogP contribution is -2.29. The summed E-state index contributed by atoms with van der Waals surface area (Å²) in [7, 11) is 1.60. The van der Waals surface area contributed by atoms with Gasteiger partial charge in [-0.05, 0) is 69.8 Å². The van der Waals surface area contributed by atoms with Crippen molar-refractivity contribution in [2.24, 2.45) is 0 Å². The molecular formula is C22H29N3O3S. The van der Waals surface area contributed by atoms with Gasteiger partial charge in [0, 0.05) is 17.5 Å². The first-order chi connectivity index (χ1) is 14.2. The van der Waals surface area contributed by atoms with Crippen molar-refractivity contribution in [2.75, 3.05) is 25.5 Å². The Morgan fingerprint density at radius 1 is 1.17 bits per heavy atom. The number of rotatable bonds is 7. The molecule has 4 rings (SSSR count). The number of piperidine rings is 1. The highest BCUT2D eigenvalue weighted by atomic mass is 32.1. The fraction of sp³-hybridized carbons (Fsp3) is 0.545. The van der Waals surface area contributed by atoms with Crippen LogP contribution in [0.5, 0.6) is 11.5 Å². The lowest BCUT2D eigenvalue weighted by atomic mass is 10.1. The van der Waals surface area contributed by atoms with Crippen LogP contribution in [0, 0.1) is 0 Å². The molecule has 0 radical (unpaired) electrons. The molecule has 29 heavy (non-hydrogen) atoms. The summed E-state index contributed by atoms with van der Waals surface area (Å²) < 4.78 is 11.5. The summed E-state index contributed by atoms with van der Waals surface area (Å²) in [4.78, 5) is 19.7. The van der Waals surface area contributed by atoms with E-state index in [1.807, 2.05) is 11.4 Å². The fourth-order valence-electron chi connectivity index (χ4n) is 4.04. The minimum absolute atomic E-state index is 0.186. The maximum absolute atomic E-state index is 12.7. The quantitative estimate of drug-likeness (QED) is 0.709. The van der Waals surface area contributed by atoms with Gasteiger partial charge in [-0.3, -0.25) is 15.0 Å². The van der Waals surface area contributed by atoms with Gasteiger partial charge in [0.2, 0.25) is 0 Å². The van der Waals surface area contributed by atoms with Gasteiger partial charge in [-0.25, -0.2) is 4.98 Å². The number of hydrogen-bond acceptors (Lipinski definition) is 6. The number of nitrogens with zero attached hydrogens (tertiary/aromatic N) is 2. The number of methoxy groups -OCH3 is 1. The number of amides is 1. The van der Waals surface area contributed by atoms with E-state index in [-0.39, 0.29) is 12.0 Å². The van der Waals surface area contributed by atoms with Gasteiger partial charge in [-0.2, -0.15) is 0 Å². The third kappa shape index (κ3) is 5.28. The van der Waals surface area contributed by atoms with E-state index in [1.54, 1.807) is 19.2 Å². The molecule has 1 aromatic carbocycles. The Hall–Kier alpha value is -2.12. The van der Waals surface area contributed by atoms with Crippen LogP contribution in [0.1, 0.15) is 61.0 Å². The molecule has 1 aliphatic heterocycles. The number of carbonyl (C=O) groups is 1. The fourth-order valence-corrected chi connectivity index (χ4v) is 4.74. The van der Waals surface area contributed by atoms with Crippen molar-refractivity contribution in [3.05, 3.63) is 34.8 Å². The van der Waals surface area contributed by atoms with Crippen LogP contribution < -0.4 is 14.8 Å². The third-order valence-electron chi connectivity index (χ3n) is 5.63. The van der Waals surface area contributed by atoms with Gasteiger partial charge in [0.05, 0.1) is 18.9 Å². The highest BCUT2D eigenvalue weighted by Crippen LogP contribution is 2.32. The van der Waals surface area contributed by atoms with Crippen molar-refractivity contribution >= 4 is 22.4 Å². The lowest BCUT2D eigenvalue weighted by Gasteiger charge is -2.25. The first-order valence-corrected chi connectivity index (χ1v) is 11.4. The van der Waals surface area contributed by atoms with Gasteiger partial charge in [0.1, 0.15) is 0 Å². The smallest absolute Gasteiger partial charge is 0.257 e. The molecule has 1 saturated heterocycles. The first-order valence-electron chi connectivity index (χ1n) is 10.5. The van der Waals surface area contributed by atoms with Crippen molar-refractivity contribution in [3.63, 3.8) is 0 Å². The minimum Gasteiger partial charge on any atom is -0.493 e. The number of ether oxygens (including phenoxy) is 2. The van der Waals surface area contributed by atoms with Crippen LogP contribution in [0.4, 0.5) is 5.13 Å². The van der Waals surface area contributed by atoms with Crippen molar-refractivity contribution in [1.82, 2.24) is 9.88 Å². The highest BCUT2D eigenvalue weighted by Gasteiger charge is 2.20. The summed E-state index contributed by atoms with van der Waals surface area (Å²) >= 11 is 1.47. The van der Waals surface area contributed by atoms with Crippen LogP contribution in [-0.2, 0) is 6.54 Å². The van der Waals surface area contributed by atoms with E-state index in [4.69, 9.17) is 9.47 Å². The van der Waals surface area contributed by atoms with E-state index in [2.05, 4.69) is 15.2 Å². The predicted molar refractivity (Wildman–Crippen MR) is 115 cm³/mol. The van der Waals surface area contributed by atoms with Gasteiger partial charge in [0.15, 0.2) is 16.6 Å². The standard InChI is InChI=1S/C22H29N3O3S/c1-27-20-13-16(9-10-19(20)28-18-7-3-4-8-18)21(26)24-22-23-17(15-29-22)14-25-11-5-2-6-12-25/h9-10,13,15,18H,2-8,11-12,14H2,1H3,(H,23,24,26). The average Bonchev–Trinajstić information content (AvgIpc) is 3.41.